The van der Waals surface area contributed by atoms with Gasteiger partial charge >= 0.3 is 5.69 Å². The van der Waals surface area contributed by atoms with Crippen molar-refractivity contribution in [2.75, 3.05) is 0 Å². The minimum atomic E-state index is -0.824. The molecule has 0 spiro atoms. The van der Waals surface area contributed by atoms with E-state index in [-0.39, 0.29) is 17.7 Å². The lowest BCUT2D eigenvalue weighted by atomic mass is 10.1. The molecule has 0 atom stereocenters. The summed E-state index contributed by atoms with van der Waals surface area (Å²) < 4.78 is 0. The van der Waals surface area contributed by atoms with Gasteiger partial charge in [0.1, 0.15) is 5.56 Å². The number of aromatic amines is 2. The number of hydrogen-bond acceptors (Lipinski definition) is 5. The molecule has 8 heteroatoms. The van der Waals surface area contributed by atoms with Crippen molar-refractivity contribution in [3.05, 3.63) is 62.3 Å². The van der Waals surface area contributed by atoms with E-state index in [1.54, 1.807) is 37.3 Å². The molecule has 0 fully saturated rings. The highest BCUT2D eigenvalue weighted by atomic mass is 16.3. The first-order valence-corrected chi connectivity index (χ1v) is 6.50. The summed E-state index contributed by atoms with van der Waals surface area (Å²) in [5.74, 6) is -1.05. The number of carbonyl (C=O) groups excluding carboxylic acids is 1. The molecule has 0 radical (unpaired) electrons. The van der Waals surface area contributed by atoms with Gasteiger partial charge in [0.25, 0.3) is 11.5 Å². The third-order valence-electron chi connectivity index (χ3n) is 2.87. The highest BCUT2D eigenvalue weighted by Gasteiger charge is 2.15. The molecule has 0 unspecified atom stereocenters. The van der Waals surface area contributed by atoms with Crippen LogP contribution in [0.4, 0.5) is 0 Å². The fourth-order valence-corrected chi connectivity index (χ4v) is 1.83. The van der Waals surface area contributed by atoms with Gasteiger partial charge in [-0.1, -0.05) is 25.1 Å². The highest BCUT2D eigenvalue weighted by Crippen LogP contribution is 2.09. The van der Waals surface area contributed by atoms with Crippen molar-refractivity contribution in [2.24, 2.45) is 5.10 Å². The number of amides is 1. The predicted molar refractivity (Wildman–Crippen MR) is 80.1 cm³/mol. The van der Waals surface area contributed by atoms with Crippen LogP contribution in [0.25, 0.3) is 0 Å². The molecule has 0 aliphatic carbocycles. The Kier molecular flexibility index (Phi) is 4.52. The minimum absolute atomic E-state index is 0.138. The molecule has 0 bridgehead atoms. The Hall–Kier alpha value is -3.16. The Bertz CT molecular complexity index is 821. The second kappa shape index (κ2) is 6.53. The van der Waals surface area contributed by atoms with Crippen LogP contribution in [-0.2, 0) is 0 Å². The molecule has 2 rings (SSSR count). The molecule has 22 heavy (non-hydrogen) atoms. The molecule has 0 aliphatic heterocycles. The van der Waals surface area contributed by atoms with E-state index in [9.17, 15) is 19.5 Å². The molecule has 2 aromatic rings. The van der Waals surface area contributed by atoms with Crippen molar-refractivity contribution >= 4 is 11.6 Å². The first-order valence-electron chi connectivity index (χ1n) is 6.50. The summed E-state index contributed by atoms with van der Waals surface area (Å²) >= 11 is 0. The normalized spacial score (nSPS) is 11.2. The molecular formula is C14H14N4O4. The maximum atomic E-state index is 11.9. The first-order chi connectivity index (χ1) is 10.5. The Morgan fingerprint density at radius 3 is 2.50 bits per heavy atom. The zero-order valence-electron chi connectivity index (χ0n) is 11.7. The van der Waals surface area contributed by atoms with Crippen LogP contribution in [0, 0.1) is 0 Å². The van der Waals surface area contributed by atoms with Gasteiger partial charge in [-0.15, -0.1) is 0 Å². The average molecular weight is 302 g/mol. The van der Waals surface area contributed by atoms with E-state index < -0.39 is 23.0 Å². The summed E-state index contributed by atoms with van der Waals surface area (Å²) in [5.41, 5.74) is 1.06. The van der Waals surface area contributed by atoms with Gasteiger partial charge in [0.05, 0.1) is 5.71 Å². The zero-order valence-corrected chi connectivity index (χ0v) is 11.7. The lowest BCUT2D eigenvalue weighted by Crippen LogP contribution is -2.29. The fourth-order valence-electron chi connectivity index (χ4n) is 1.83. The number of benzene rings is 1. The van der Waals surface area contributed by atoms with Gasteiger partial charge in [-0.2, -0.15) is 5.10 Å². The van der Waals surface area contributed by atoms with Crippen molar-refractivity contribution in [1.29, 1.82) is 0 Å². The Labute approximate surface area is 124 Å². The molecule has 0 aliphatic rings. The molecule has 1 aromatic heterocycles. The van der Waals surface area contributed by atoms with E-state index in [2.05, 4.69) is 15.5 Å². The van der Waals surface area contributed by atoms with Gasteiger partial charge in [-0.05, 0) is 18.6 Å². The summed E-state index contributed by atoms with van der Waals surface area (Å²) in [6.07, 6.45) is 0.262. The van der Waals surface area contributed by atoms with Gasteiger partial charge in [0.2, 0.25) is 5.88 Å². The molecule has 1 heterocycles. The van der Waals surface area contributed by atoms with Crippen LogP contribution in [0.5, 0.6) is 5.88 Å². The number of hydrogen-bond donors (Lipinski definition) is 4. The number of nitrogens with one attached hydrogen (secondary N) is 3. The molecule has 0 saturated carbocycles. The maximum Gasteiger partial charge on any atom is 0.328 e. The summed E-state index contributed by atoms with van der Waals surface area (Å²) in [4.78, 5) is 38.7. The van der Waals surface area contributed by atoms with Gasteiger partial charge in [0, 0.05) is 5.56 Å². The number of nitrogens with zero attached hydrogens (tertiary/aromatic N) is 1. The lowest BCUT2D eigenvalue weighted by molar-refractivity contribution is 0.0954. The van der Waals surface area contributed by atoms with Crippen molar-refractivity contribution in [2.45, 2.75) is 13.3 Å². The first kappa shape index (κ1) is 15.2. The second-order valence-electron chi connectivity index (χ2n) is 4.35. The molecule has 0 saturated heterocycles. The molecule has 1 aromatic carbocycles. The van der Waals surface area contributed by atoms with Crippen molar-refractivity contribution in [1.82, 2.24) is 15.4 Å². The minimum Gasteiger partial charge on any atom is -0.494 e. The smallest absolute Gasteiger partial charge is 0.328 e. The van der Waals surface area contributed by atoms with E-state index in [1.807, 2.05) is 4.98 Å². The summed E-state index contributed by atoms with van der Waals surface area (Å²) in [6.45, 7) is 1.69. The van der Waals surface area contributed by atoms with Crippen LogP contribution in [-0.4, -0.2) is 26.7 Å². The highest BCUT2D eigenvalue weighted by molar-refractivity contribution is 6.03. The second-order valence-corrected chi connectivity index (χ2v) is 4.35. The molecule has 8 nitrogen and oxygen atoms in total. The monoisotopic (exact) mass is 302 g/mol. The van der Waals surface area contributed by atoms with E-state index >= 15 is 0 Å². The van der Waals surface area contributed by atoms with Gasteiger partial charge in [0.15, 0.2) is 0 Å². The Morgan fingerprint density at radius 2 is 1.91 bits per heavy atom. The Balaban J connectivity index is 2.31. The van der Waals surface area contributed by atoms with Gasteiger partial charge < -0.3 is 5.11 Å². The Morgan fingerprint density at radius 1 is 1.23 bits per heavy atom. The number of hydrazone groups is 1. The van der Waals surface area contributed by atoms with Crippen molar-refractivity contribution in [3.63, 3.8) is 0 Å². The topological polar surface area (TPSA) is 127 Å². The van der Waals surface area contributed by atoms with E-state index in [0.717, 1.165) is 0 Å². The third kappa shape index (κ3) is 3.29. The number of aromatic hydroxyl groups is 1. The molecular weight excluding hydrogens is 288 g/mol. The van der Waals surface area contributed by atoms with E-state index in [4.69, 9.17) is 0 Å². The summed E-state index contributed by atoms with van der Waals surface area (Å²) in [7, 11) is 0. The lowest BCUT2D eigenvalue weighted by Gasteiger charge is -2.06. The summed E-state index contributed by atoms with van der Waals surface area (Å²) in [6, 6.07) is 8.41. The van der Waals surface area contributed by atoms with Gasteiger partial charge in [-0.3, -0.25) is 19.6 Å². The SMILES string of the molecule is CCC(=NNC(=O)c1ccccc1)c1c(O)[nH]c(=O)[nH]c1=O. The summed E-state index contributed by atoms with van der Waals surface area (Å²) in [5, 5.41) is 13.5. The van der Waals surface area contributed by atoms with Crippen molar-refractivity contribution < 1.29 is 9.90 Å². The number of carbonyl (C=O) groups is 1. The van der Waals surface area contributed by atoms with Crippen LogP contribution in [0.1, 0.15) is 29.3 Å². The van der Waals surface area contributed by atoms with E-state index in [1.165, 1.54) is 0 Å². The third-order valence-corrected chi connectivity index (χ3v) is 2.87. The average Bonchev–Trinajstić information content (AvgIpc) is 2.50. The molecule has 4 N–H and O–H groups in total. The molecule has 1 amide bonds. The number of aromatic nitrogens is 2. The quantitative estimate of drug-likeness (QED) is 0.479. The number of rotatable bonds is 4. The zero-order chi connectivity index (χ0) is 16.1. The van der Waals surface area contributed by atoms with Gasteiger partial charge in [-0.25, -0.2) is 10.2 Å². The fraction of sp³-hybridized carbons (Fsp3) is 0.143. The van der Waals surface area contributed by atoms with Crippen LogP contribution in [0.3, 0.4) is 0 Å². The van der Waals surface area contributed by atoms with Crippen LogP contribution >= 0.6 is 0 Å². The van der Waals surface area contributed by atoms with Crippen LogP contribution < -0.4 is 16.7 Å². The number of H-pyrrole nitrogens is 2. The standard InChI is InChI=1S/C14H14N4O4/c1-2-9(10-12(20)15-14(22)16-13(10)21)17-18-11(19)8-6-4-3-5-7-8/h3-7H,2H2,1H3,(H,18,19)(H3,15,16,20,21,22). The predicted octanol–water partition coefficient (Wildman–Crippen LogP) is 0.313. The van der Waals surface area contributed by atoms with Crippen LogP contribution in [0.2, 0.25) is 0 Å². The van der Waals surface area contributed by atoms with Crippen LogP contribution in [0.15, 0.2) is 45.0 Å². The van der Waals surface area contributed by atoms with Crippen molar-refractivity contribution in [3.8, 4) is 5.88 Å². The van der Waals surface area contributed by atoms with E-state index in [0.29, 0.717) is 5.56 Å². The maximum absolute atomic E-state index is 11.9. The molecule has 114 valence electrons. The largest absolute Gasteiger partial charge is 0.494 e.